The number of para-hydroxylation sites is 1. The first-order valence-corrected chi connectivity index (χ1v) is 4.83. The van der Waals surface area contributed by atoms with Gasteiger partial charge in [-0.1, -0.05) is 6.07 Å². The molecule has 1 aromatic carbocycles. The number of nitrogens with one attached hydrogen (secondary N) is 1. The summed E-state index contributed by atoms with van der Waals surface area (Å²) < 4.78 is 0. The Hall–Kier alpha value is -2.22. The van der Waals surface area contributed by atoms with Gasteiger partial charge in [0.1, 0.15) is 0 Å². The molecule has 16 heavy (non-hydrogen) atoms. The number of hydrogen-bond donors (Lipinski definition) is 3. The van der Waals surface area contributed by atoms with Crippen molar-refractivity contribution in [2.24, 2.45) is 0 Å². The van der Waals surface area contributed by atoms with Gasteiger partial charge < -0.3 is 15.5 Å². The second-order valence-electron chi connectivity index (χ2n) is 3.19. The van der Waals surface area contributed by atoms with E-state index in [1.807, 2.05) is 6.07 Å². The summed E-state index contributed by atoms with van der Waals surface area (Å²) in [6.07, 6.45) is 0.925. The Balaban J connectivity index is 2.60. The first-order valence-electron chi connectivity index (χ1n) is 4.83. The Bertz CT molecular complexity index is 424. The molecule has 5 nitrogen and oxygen atoms in total. The maximum atomic E-state index is 11.5. The van der Waals surface area contributed by atoms with Crippen LogP contribution in [-0.4, -0.2) is 22.7 Å². The molecule has 1 rings (SSSR count). The van der Waals surface area contributed by atoms with Crippen LogP contribution in [-0.2, 0) is 0 Å². The van der Waals surface area contributed by atoms with Crippen molar-refractivity contribution in [1.29, 1.82) is 5.26 Å². The molecule has 0 aromatic heterocycles. The van der Waals surface area contributed by atoms with Gasteiger partial charge in [0.05, 0.1) is 11.6 Å². The number of aromatic hydroxyl groups is 2. The average molecular weight is 220 g/mol. The highest BCUT2D eigenvalue weighted by molar-refractivity contribution is 5.97. The molecule has 0 aliphatic heterocycles. The van der Waals surface area contributed by atoms with Crippen molar-refractivity contribution >= 4 is 5.91 Å². The number of amides is 1. The first kappa shape index (κ1) is 11.9. The predicted molar refractivity (Wildman–Crippen MR) is 57.0 cm³/mol. The van der Waals surface area contributed by atoms with Crippen LogP contribution in [0.3, 0.4) is 0 Å². The van der Waals surface area contributed by atoms with Crippen LogP contribution >= 0.6 is 0 Å². The molecule has 1 amide bonds. The van der Waals surface area contributed by atoms with Crippen LogP contribution < -0.4 is 5.32 Å². The van der Waals surface area contributed by atoms with Crippen molar-refractivity contribution in [3.05, 3.63) is 23.8 Å². The molecule has 0 aliphatic carbocycles. The molecular weight excluding hydrogens is 208 g/mol. The number of phenolic OH excluding ortho intramolecular Hbond substituents is 2. The van der Waals surface area contributed by atoms with Crippen molar-refractivity contribution in [3.63, 3.8) is 0 Å². The van der Waals surface area contributed by atoms with E-state index in [2.05, 4.69) is 5.32 Å². The third-order valence-corrected chi connectivity index (χ3v) is 2.01. The van der Waals surface area contributed by atoms with Crippen LogP contribution in [0.25, 0.3) is 0 Å². The lowest BCUT2D eigenvalue weighted by Crippen LogP contribution is -2.24. The van der Waals surface area contributed by atoms with Crippen LogP contribution in [0, 0.1) is 11.3 Å². The normalized spacial score (nSPS) is 9.44. The van der Waals surface area contributed by atoms with Crippen LogP contribution in [0.15, 0.2) is 18.2 Å². The monoisotopic (exact) mass is 220 g/mol. The smallest absolute Gasteiger partial charge is 0.255 e. The third-order valence-electron chi connectivity index (χ3n) is 2.01. The molecule has 0 saturated carbocycles. The van der Waals surface area contributed by atoms with E-state index in [-0.39, 0.29) is 11.3 Å². The molecule has 0 saturated heterocycles. The van der Waals surface area contributed by atoms with Gasteiger partial charge in [0.25, 0.3) is 5.91 Å². The highest BCUT2D eigenvalue weighted by Crippen LogP contribution is 2.27. The summed E-state index contributed by atoms with van der Waals surface area (Å²) in [4.78, 5) is 11.5. The molecule has 84 valence electrons. The number of nitrogens with zero attached hydrogens (tertiary/aromatic N) is 1. The molecule has 0 atom stereocenters. The minimum atomic E-state index is -0.466. The molecule has 0 radical (unpaired) electrons. The zero-order valence-electron chi connectivity index (χ0n) is 8.60. The van der Waals surface area contributed by atoms with E-state index in [1.165, 1.54) is 18.2 Å². The third kappa shape index (κ3) is 2.89. The van der Waals surface area contributed by atoms with E-state index in [4.69, 9.17) is 5.26 Å². The van der Waals surface area contributed by atoms with Crippen molar-refractivity contribution in [2.45, 2.75) is 12.8 Å². The maximum Gasteiger partial charge on any atom is 0.255 e. The van der Waals surface area contributed by atoms with Crippen molar-refractivity contribution in [2.75, 3.05) is 6.54 Å². The van der Waals surface area contributed by atoms with Gasteiger partial charge >= 0.3 is 0 Å². The van der Waals surface area contributed by atoms with Gasteiger partial charge in [-0.2, -0.15) is 5.26 Å². The SMILES string of the molecule is N#CCCCNC(=O)c1cccc(O)c1O. The number of rotatable bonds is 4. The summed E-state index contributed by atoms with van der Waals surface area (Å²) >= 11 is 0. The number of carbonyl (C=O) groups is 1. The average Bonchev–Trinajstić information content (AvgIpc) is 2.28. The molecule has 0 bridgehead atoms. The fraction of sp³-hybridized carbons (Fsp3) is 0.273. The first-order chi connectivity index (χ1) is 7.66. The molecule has 0 heterocycles. The summed E-state index contributed by atoms with van der Waals surface area (Å²) in [7, 11) is 0. The second kappa shape index (κ2) is 5.61. The Labute approximate surface area is 92.9 Å². The summed E-state index contributed by atoms with van der Waals surface area (Å²) in [5.41, 5.74) is 0.0250. The molecule has 0 fully saturated rings. The largest absolute Gasteiger partial charge is 0.504 e. The van der Waals surface area contributed by atoms with Crippen molar-refractivity contribution in [1.82, 2.24) is 5.32 Å². The number of nitriles is 1. The molecular formula is C11H12N2O3. The van der Waals surface area contributed by atoms with Crippen LogP contribution in [0.5, 0.6) is 11.5 Å². The van der Waals surface area contributed by atoms with Gasteiger partial charge in [0, 0.05) is 13.0 Å². The molecule has 3 N–H and O–H groups in total. The van der Waals surface area contributed by atoms with E-state index in [1.54, 1.807) is 0 Å². The minimum Gasteiger partial charge on any atom is -0.504 e. The number of phenols is 2. The van der Waals surface area contributed by atoms with Gasteiger partial charge in [0.15, 0.2) is 11.5 Å². The number of benzene rings is 1. The molecule has 0 spiro atoms. The predicted octanol–water partition coefficient (Wildman–Crippen LogP) is 1.13. The number of hydrogen-bond acceptors (Lipinski definition) is 4. The molecule has 5 heteroatoms. The van der Waals surface area contributed by atoms with E-state index in [0.717, 1.165) is 0 Å². The zero-order chi connectivity index (χ0) is 12.0. The lowest BCUT2D eigenvalue weighted by molar-refractivity contribution is 0.0950. The number of carbonyl (C=O) groups excluding carboxylic acids is 1. The highest BCUT2D eigenvalue weighted by atomic mass is 16.3. The Morgan fingerprint density at radius 3 is 2.88 bits per heavy atom. The molecule has 0 unspecified atom stereocenters. The Morgan fingerprint density at radius 1 is 1.44 bits per heavy atom. The lowest BCUT2D eigenvalue weighted by Gasteiger charge is -2.06. The van der Waals surface area contributed by atoms with Gasteiger partial charge in [-0.25, -0.2) is 0 Å². The Morgan fingerprint density at radius 2 is 2.19 bits per heavy atom. The van der Waals surface area contributed by atoms with Gasteiger partial charge in [-0.05, 0) is 18.6 Å². The van der Waals surface area contributed by atoms with Crippen LogP contribution in [0.2, 0.25) is 0 Å². The van der Waals surface area contributed by atoms with Crippen molar-refractivity contribution < 1.29 is 15.0 Å². The summed E-state index contributed by atoms with van der Waals surface area (Å²) in [6, 6.07) is 6.14. The lowest BCUT2D eigenvalue weighted by atomic mass is 10.1. The van der Waals surface area contributed by atoms with E-state index >= 15 is 0 Å². The summed E-state index contributed by atoms with van der Waals surface area (Å²) in [5, 5.41) is 29.4. The molecule has 1 aromatic rings. The second-order valence-corrected chi connectivity index (χ2v) is 3.19. The maximum absolute atomic E-state index is 11.5. The fourth-order valence-electron chi connectivity index (χ4n) is 1.18. The fourth-order valence-corrected chi connectivity index (χ4v) is 1.18. The quantitative estimate of drug-likeness (QED) is 0.523. The van der Waals surface area contributed by atoms with Gasteiger partial charge in [-0.15, -0.1) is 0 Å². The van der Waals surface area contributed by atoms with Crippen LogP contribution in [0.1, 0.15) is 23.2 Å². The topological polar surface area (TPSA) is 93.4 Å². The van der Waals surface area contributed by atoms with E-state index in [9.17, 15) is 15.0 Å². The molecule has 0 aliphatic rings. The van der Waals surface area contributed by atoms with Crippen LogP contribution in [0.4, 0.5) is 0 Å². The minimum absolute atomic E-state index is 0.0250. The number of unbranched alkanes of at least 4 members (excludes halogenated alkanes) is 1. The van der Waals surface area contributed by atoms with Gasteiger partial charge in [-0.3, -0.25) is 4.79 Å². The van der Waals surface area contributed by atoms with E-state index < -0.39 is 11.7 Å². The zero-order valence-corrected chi connectivity index (χ0v) is 8.60. The highest BCUT2D eigenvalue weighted by Gasteiger charge is 2.12. The van der Waals surface area contributed by atoms with Crippen molar-refractivity contribution in [3.8, 4) is 17.6 Å². The van der Waals surface area contributed by atoms with E-state index in [0.29, 0.717) is 19.4 Å². The summed E-state index contributed by atoms with van der Waals surface area (Å²) in [5.74, 6) is -1.23. The van der Waals surface area contributed by atoms with Gasteiger partial charge in [0.2, 0.25) is 0 Å². The summed E-state index contributed by atoms with van der Waals surface area (Å²) in [6.45, 7) is 0.363. The standard InChI is InChI=1S/C11H12N2O3/c12-6-1-2-7-13-11(16)8-4-3-5-9(14)10(8)15/h3-5,14-15H,1-2,7H2,(H,13,16). The Kier molecular flexibility index (Phi) is 4.16.